The van der Waals surface area contributed by atoms with Crippen LogP contribution >= 0.6 is 11.6 Å². The van der Waals surface area contributed by atoms with Gasteiger partial charge in [-0.3, -0.25) is 0 Å². The Labute approximate surface area is 104 Å². The number of halogens is 1. The van der Waals surface area contributed by atoms with Gasteiger partial charge in [0.25, 0.3) is 0 Å². The van der Waals surface area contributed by atoms with Crippen LogP contribution in [0.15, 0.2) is 18.3 Å². The monoisotopic (exact) mass is 250 g/mol. The Morgan fingerprint density at radius 1 is 1.53 bits per heavy atom. The van der Waals surface area contributed by atoms with Gasteiger partial charge >= 0.3 is 5.97 Å². The standard InChI is InChI=1S/C12H11ClN2O2/c1-3-17-12(16)9-7(2)15-11-8(10(9)13)5-4-6-14-11/h4-6H,3H2,1-2H3. The number of nitrogens with zero attached hydrogens (tertiary/aromatic N) is 2. The fraction of sp³-hybridized carbons (Fsp3) is 0.250. The lowest BCUT2D eigenvalue weighted by molar-refractivity contribution is 0.0525. The summed E-state index contributed by atoms with van der Waals surface area (Å²) >= 11 is 6.20. The van der Waals surface area contributed by atoms with Crippen molar-refractivity contribution in [1.29, 1.82) is 0 Å². The molecule has 2 aromatic rings. The summed E-state index contributed by atoms with van der Waals surface area (Å²) in [5.41, 5.74) is 1.37. The zero-order chi connectivity index (χ0) is 12.4. The van der Waals surface area contributed by atoms with Gasteiger partial charge in [0.2, 0.25) is 0 Å². The van der Waals surface area contributed by atoms with Crippen LogP contribution in [-0.4, -0.2) is 22.5 Å². The molecule has 2 heterocycles. The average molecular weight is 251 g/mol. The van der Waals surface area contributed by atoms with Crippen LogP contribution in [0.4, 0.5) is 0 Å². The predicted octanol–water partition coefficient (Wildman–Crippen LogP) is 2.77. The molecule has 0 unspecified atom stereocenters. The summed E-state index contributed by atoms with van der Waals surface area (Å²) < 4.78 is 4.95. The number of aromatic nitrogens is 2. The van der Waals surface area contributed by atoms with E-state index in [0.29, 0.717) is 33.9 Å². The van der Waals surface area contributed by atoms with E-state index < -0.39 is 5.97 Å². The lowest BCUT2D eigenvalue weighted by Gasteiger charge is -2.09. The maximum Gasteiger partial charge on any atom is 0.341 e. The van der Waals surface area contributed by atoms with Crippen LogP contribution in [0.3, 0.4) is 0 Å². The molecule has 0 radical (unpaired) electrons. The molecular formula is C12H11ClN2O2. The second-order valence-corrected chi connectivity index (χ2v) is 3.86. The van der Waals surface area contributed by atoms with Gasteiger partial charge in [0.1, 0.15) is 5.56 Å². The first-order valence-electron chi connectivity index (χ1n) is 5.23. The number of hydrogen-bond donors (Lipinski definition) is 0. The summed E-state index contributed by atoms with van der Waals surface area (Å²) in [6.45, 7) is 3.77. The van der Waals surface area contributed by atoms with Gasteiger partial charge in [-0.05, 0) is 26.0 Å². The van der Waals surface area contributed by atoms with Crippen LogP contribution in [-0.2, 0) is 4.74 Å². The molecule has 2 aromatic heterocycles. The Bertz CT molecular complexity index is 584. The number of esters is 1. The molecular weight excluding hydrogens is 240 g/mol. The quantitative estimate of drug-likeness (QED) is 0.769. The molecule has 0 atom stereocenters. The van der Waals surface area contributed by atoms with Gasteiger partial charge in [-0.1, -0.05) is 11.6 Å². The molecule has 0 saturated heterocycles. The highest BCUT2D eigenvalue weighted by Gasteiger charge is 2.18. The summed E-state index contributed by atoms with van der Waals surface area (Å²) in [7, 11) is 0. The zero-order valence-electron chi connectivity index (χ0n) is 9.53. The SMILES string of the molecule is CCOC(=O)c1c(C)nc2ncccc2c1Cl. The first-order valence-corrected chi connectivity index (χ1v) is 5.61. The molecule has 0 spiro atoms. The second-order valence-electron chi connectivity index (χ2n) is 3.48. The maximum absolute atomic E-state index is 11.8. The van der Waals surface area contributed by atoms with Crippen LogP contribution in [0.1, 0.15) is 23.0 Å². The van der Waals surface area contributed by atoms with Gasteiger partial charge in [-0.2, -0.15) is 0 Å². The largest absolute Gasteiger partial charge is 0.462 e. The highest BCUT2D eigenvalue weighted by atomic mass is 35.5. The summed E-state index contributed by atoms with van der Waals surface area (Å²) in [5.74, 6) is -0.451. The highest BCUT2D eigenvalue weighted by molar-refractivity contribution is 6.38. The summed E-state index contributed by atoms with van der Waals surface area (Å²) in [6, 6.07) is 3.53. The van der Waals surface area contributed by atoms with E-state index in [1.807, 2.05) is 0 Å². The van der Waals surface area contributed by atoms with E-state index in [1.54, 1.807) is 32.2 Å². The van der Waals surface area contributed by atoms with E-state index in [4.69, 9.17) is 16.3 Å². The molecule has 5 heteroatoms. The molecule has 0 saturated carbocycles. The minimum atomic E-state index is -0.451. The van der Waals surface area contributed by atoms with Crippen molar-refractivity contribution in [3.05, 3.63) is 34.6 Å². The van der Waals surface area contributed by atoms with Crippen molar-refractivity contribution in [2.24, 2.45) is 0 Å². The molecule has 0 aromatic carbocycles. The zero-order valence-corrected chi connectivity index (χ0v) is 10.3. The van der Waals surface area contributed by atoms with Crippen molar-refractivity contribution in [3.63, 3.8) is 0 Å². The Morgan fingerprint density at radius 3 is 3.00 bits per heavy atom. The number of fused-ring (bicyclic) bond motifs is 1. The molecule has 0 aliphatic heterocycles. The Balaban J connectivity index is 2.67. The molecule has 0 aliphatic carbocycles. The van der Waals surface area contributed by atoms with Crippen molar-refractivity contribution in [3.8, 4) is 0 Å². The third-order valence-electron chi connectivity index (χ3n) is 2.36. The van der Waals surface area contributed by atoms with Crippen molar-refractivity contribution in [1.82, 2.24) is 9.97 Å². The van der Waals surface area contributed by atoms with E-state index in [-0.39, 0.29) is 0 Å². The fourth-order valence-electron chi connectivity index (χ4n) is 1.61. The molecule has 0 N–H and O–H groups in total. The van der Waals surface area contributed by atoms with Crippen LogP contribution < -0.4 is 0 Å². The smallest absolute Gasteiger partial charge is 0.341 e. The first kappa shape index (κ1) is 11.8. The van der Waals surface area contributed by atoms with Gasteiger partial charge < -0.3 is 4.74 Å². The van der Waals surface area contributed by atoms with E-state index in [0.717, 1.165) is 0 Å². The number of carbonyl (C=O) groups is 1. The molecule has 0 aliphatic rings. The van der Waals surface area contributed by atoms with Crippen LogP contribution in [0.2, 0.25) is 5.02 Å². The Morgan fingerprint density at radius 2 is 2.29 bits per heavy atom. The molecule has 2 rings (SSSR count). The number of aryl methyl sites for hydroxylation is 1. The summed E-state index contributed by atoms with van der Waals surface area (Å²) in [6.07, 6.45) is 1.63. The van der Waals surface area contributed by atoms with Crippen LogP contribution in [0.5, 0.6) is 0 Å². The van der Waals surface area contributed by atoms with Crippen molar-refractivity contribution in [2.75, 3.05) is 6.61 Å². The lowest BCUT2D eigenvalue weighted by Crippen LogP contribution is -2.09. The minimum absolute atomic E-state index is 0.305. The van der Waals surface area contributed by atoms with Gasteiger partial charge in [0.15, 0.2) is 5.65 Å². The highest BCUT2D eigenvalue weighted by Crippen LogP contribution is 2.27. The third kappa shape index (κ3) is 2.08. The molecule has 0 amide bonds. The van der Waals surface area contributed by atoms with Gasteiger partial charge in [0, 0.05) is 11.6 Å². The average Bonchev–Trinajstić information content (AvgIpc) is 2.29. The number of pyridine rings is 2. The first-order chi connectivity index (χ1) is 8.15. The Kier molecular flexibility index (Phi) is 3.24. The lowest BCUT2D eigenvalue weighted by atomic mass is 10.1. The van der Waals surface area contributed by atoms with E-state index in [9.17, 15) is 4.79 Å². The molecule has 88 valence electrons. The second kappa shape index (κ2) is 4.67. The van der Waals surface area contributed by atoms with E-state index in [1.165, 1.54) is 0 Å². The Hall–Kier alpha value is -1.68. The van der Waals surface area contributed by atoms with Gasteiger partial charge in [0.05, 0.1) is 17.3 Å². The topological polar surface area (TPSA) is 52.1 Å². The summed E-state index contributed by atoms with van der Waals surface area (Å²) in [4.78, 5) is 20.1. The molecule has 17 heavy (non-hydrogen) atoms. The number of ether oxygens (including phenoxy) is 1. The molecule has 4 nitrogen and oxygen atoms in total. The number of hydrogen-bond acceptors (Lipinski definition) is 4. The molecule has 0 fully saturated rings. The van der Waals surface area contributed by atoms with Crippen LogP contribution in [0, 0.1) is 6.92 Å². The normalized spacial score (nSPS) is 10.5. The van der Waals surface area contributed by atoms with E-state index >= 15 is 0 Å². The van der Waals surface area contributed by atoms with Gasteiger partial charge in [-0.15, -0.1) is 0 Å². The minimum Gasteiger partial charge on any atom is -0.462 e. The van der Waals surface area contributed by atoms with Crippen molar-refractivity contribution < 1.29 is 9.53 Å². The molecule has 0 bridgehead atoms. The van der Waals surface area contributed by atoms with Crippen molar-refractivity contribution in [2.45, 2.75) is 13.8 Å². The third-order valence-corrected chi connectivity index (χ3v) is 2.75. The van der Waals surface area contributed by atoms with E-state index in [2.05, 4.69) is 9.97 Å². The van der Waals surface area contributed by atoms with Crippen LogP contribution in [0.25, 0.3) is 11.0 Å². The van der Waals surface area contributed by atoms with Crippen molar-refractivity contribution >= 4 is 28.6 Å². The van der Waals surface area contributed by atoms with Gasteiger partial charge in [-0.25, -0.2) is 14.8 Å². The number of rotatable bonds is 2. The fourth-order valence-corrected chi connectivity index (χ4v) is 1.97. The summed E-state index contributed by atoms with van der Waals surface area (Å²) in [5, 5.41) is 1.00. The number of carbonyl (C=O) groups excluding carboxylic acids is 1. The maximum atomic E-state index is 11.8. The predicted molar refractivity (Wildman–Crippen MR) is 65.2 cm³/mol.